The first-order valence-corrected chi connectivity index (χ1v) is 11.8. The molecule has 0 aliphatic carbocycles. The van der Waals surface area contributed by atoms with Gasteiger partial charge in [0.1, 0.15) is 18.2 Å². The zero-order valence-electron chi connectivity index (χ0n) is 18.6. The minimum absolute atomic E-state index is 0.0695. The number of thioether (sulfide) groups is 1. The topological polar surface area (TPSA) is 69.0 Å². The van der Waals surface area contributed by atoms with Crippen molar-refractivity contribution in [2.24, 2.45) is 0 Å². The van der Waals surface area contributed by atoms with Gasteiger partial charge in [-0.05, 0) is 67.9 Å². The molecule has 0 unspecified atom stereocenters. The van der Waals surface area contributed by atoms with E-state index >= 15 is 0 Å². The van der Waals surface area contributed by atoms with Crippen LogP contribution in [0.15, 0.2) is 71.9 Å². The summed E-state index contributed by atoms with van der Waals surface area (Å²) in [5.41, 5.74) is 2.85. The van der Waals surface area contributed by atoms with Crippen LogP contribution in [0.1, 0.15) is 17.0 Å². The van der Waals surface area contributed by atoms with Crippen molar-refractivity contribution >= 4 is 35.0 Å². The van der Waals surface area contributed by atoms with E-state index in [1.165, 1.54) is 17.8 Å². The van der Waals surface area contributed by atoms with Crippen LogP contribution in [-0.4, -0.2) is 26.4 Å². The Balaban J connectivity index is 1.50. The number of rotatable bonds is 8. The molecule has 1 amide bonds. The van der Waals surface area contributed by atoms with E-state index in [0.717, 1.165) is 17.0 Å². The molecule has 174 valence electrons. The zero-order chi connectivity index (χ0) is 24.1. The zero-order valence-corrected chi connectivity index (χ0v) is 20.2. The summed E-state index contributed by atoms with van der Waals surface area (Å²) in [6.45, 7) is 3.87. The van der Waals surface area contributed by atoms with E-state index in [1.807, 2.05) is 47.9 Å². The summed E-state index contributed by atoms with van der Waals surface area (Å²) in [6.07, 6.45) is 0. The maximum absolute atomic E-state index is 13.8. The lowest BCUT2D eigenvalue weighted by Crippen LogP contribution is -2.15. The lowest BCUT2D eigenvalue weighted by atomic mass is 10.2. The van der Waals surface area contributed by atoms with Gasteiger partial charge in [0.05, 0.1) is 5.75 Å². The number of hydrogen-bond acceptors (Lipinski definition) is 5. The number of nitrogens with one attached hydrogen (secondary N) is 1. The number of halogens is 2. The van der Waals surface area contributed by atoms with Crippen LogP contribution in [0.3, 0.4) is 0 Å². The van der Waals surface area contributed by atoms with Crippen molar-refractivity contribution in [2.75, 3.05) is 11.1 Å². The Bertz CT molecular complexity index is 1290. The van der Waals surface area contributed by atoms with Crippen LogP contribution < -0.4 is 10.1 Å². The predicted molar refractivity (Wildman–Crippen MR) is 132 cm³/mol. The molecule has 0 saturated heterocycles. The van der Waals surface area contributed by atoms with Gasteiger partial charge in [-0.15, -0.1) is 10.2 Å². The largest absolute Gasteiger partial charge is 0.486 e. The third-order valence-corrected chi connectivity index (χ3v) is 6.14. The SMILES string of the molecule is Cc1ccc(OCc2nnc(SCC(=O)Nc3ccc(C)c(F)c3)n2-c2ccc(Cl)cc2)cc1. The van der Waals surface area contributed by atoms with Crippen molar-refractivity contribution in [3.8, 4) is 11.4 Å². The highest BCUT2D eigenvalue weighted by Gasteiger charge is 2.17. The number of amides is 1. The molecule has 34 heavy (non-hydrogen) atoms. The number of aromatic nitrogens is 3. The molecule has 0 aliphatic rings. The van der Waals surface area contributed by atoms with E-state index in [2.05, 4.69) is 15.5 Å². The van der Waals surface area contributed by atoms with Crippen molar-refractivity contribution in [3.63, 3.8) is 0 Å². The molecule has 0 spiro atoms. The van der Waals surface area contributed by atoms with E-state index in [9.17, 15) is 9.18 Å². The third-order valence-electron chi connectivity index (χ3n) is 4.96. The maximum atomic E-state index is 13.8. The lowest BCUT2D eigenvalue weighted by Gasteiger charge is -2.12. The molecule has 0 radical (unpaired) electrons. The number of benzene rings is 3. The van der Waals surface area contributed by atoms with Gasteiger partial charge in [-0.25, -0.2) is 4.39 Å². The van der Waals surface area contributed by atoms with Crippen LogP contribution in [-0.2, 0) is 11.4 Å². The maximum Gasteiger partial charge on any atom is 0.234 e. The van der Waals surface area contributed by atoms with Crippen LogP contribution in [0.5, 0.6) is 5.75 Å². The smallest absolute Gasteiger partial charge is 0.234 e. The molecule has 0 bridgehead atoms. The molecule has 3 aromatic carbocycles. The van der Waals surface area contributed by atoms with Crippen molar-refractivity contribution < 1.29 is 13.9 Å². The van der Waals surface area contributed by atoms with Gasteiger partial charge in [0.2, 0.25) is 5.91 Å². The monoisotopic (exact) mass is 496 g/mol. The molecule has 0 aliphatic heterocycles. The van der Waals surface area contributed by atoms with Crippen LogP contribution in [0.25, 0.3) is 5.69 Å². The third kappa shape index (κ3) is 5.95. The van der Waals surface area contributed by atoms with E-state index < -0.39 is 0 Å². The molecule has 1 N–H and O–H groups in total. The summed E-state index contributed by atoms with van der Waals surface area (Å²) in [5.74, 6) is 0.712. The molecule has 0 fully saturated rings. The van der Waals surface area contributed by atoms with Gasteiger partial charge in [0.25, 0.3) is 0 Å². The fraction of sp³-hybridized carbons (Fsp3) is 0.160. The molecule has 0 saturated carbocycles. The first-order valence-electron chi connectivity index (χ1n) is 10.5. The molecule has 4 aromatic rings. The molecule has 6 nitrogen and oxygen atoms in total. The van der Waals surface area contributed by atoms with Crippen LogP contribution in [0.4, 0.5) is 10.1 Å². The van der Waals surface area contributed by atoms with Gasteiger partial charge in [-0.3, -0.25) is 9.36 Å². The second-order valence-electron chi connectivity index (χ2n) is 7.61. The second-order valence-corrected chi connectivity index (χ2v) is 8.99. The van der Waals surface area contributed by atoms with E-state index in [-0.39, 0.29) is 24.1 Å². The predicted octanol–water partition coefficient (Wildman–Crippen LogP) is 5.99. The summed E-state index contributed by atoms with van der Waals surface area (Å²) in [7, 11) is 0. The fourth-order valence-corrected chi connectivity index (χ4v) is 4.01. The van der Waals surface area contributed by atoms with Crippen molar-refractivity contribution in [3.05, 3.63) is 94.5 Å². The number of hydrogen-bond donors (Lipinski definition) is 1. The van der Waals surface area contributed by atoms with Crippen LogP contribution >= 0.6 is 23.4 Å². The highest BCUT2D eigenvalue weighted by molar-refractivity contribution is 7.99. The van der Waals surface area contributed by atoms with Gasteiger partial charge in [0.15, 0.2) is 11.0 Å². The molecule has 4 rings (SSSR count). The summed E-state index contributed by atoms with van der Waals surface area (Å²) < 4.78 is 21.5. The van der Waals surface area contributed by atoms with E-state index in [0.29, 0.717) is 27.3 Å². The number of anilines is 1. The summed E-state index contributed by atoms with van der Waals surface area (Å²) in [6, 6.07) is 19.6. The number of aryl methyl sites for hydroxylation is 2. The molecule has 9 heteroatoms. The molecule has 0 atom stereocenters. The highest BCUT2D eigenvalue weighted by atomic mass is 35.5. The van der Waals surface area contributed by atoms with Gasteiger partial charge in [-0.1, -0.05) is 47.1 Å². The normalized spacial score (nSPS) is 10.8. The minimum Gasteiger partial charge on any atom is -0.486 e. The molecule has 1 aromatic heterocycles. The first kappa shape index (κ1) is 23.8. The number of nitrogens with zero attached hydrogens (tertiary/aromatic N) is 3. The van der Waals surface area contributed by atoms with Crippen LogP contribution in [0, 0.1) is 19.7 Å². The summed E-state index contributed by atoms with van der Waals surface area (Å²) in [4.78, 5) is 12.5. The standard InChI is InChI=1S/C25H22ClFN4O2S/c1-16-3-11-21(12-4-16)33-14-23-29-30-25(31(23)20-9-6-18(26)7-10-20)34-15-24(32)28-19-8-5-17(2)22(27)13-19/h3-13H,14-15H2,1-2H3,(H,28,32). The minimum atomic E-state index is -0.369. The first-order chi connectivity index (χ1) is 16.4. The number of carbonyl (C=O) groups is 1. The highest BCUT2D eigenvalue weighted by Crippen LogP contribution is 2.25. The van der Waals surface area contributed by atoms with Crippen molar-refractivity contribution in [2.45, 2.75) is 25.6 Å². The Hall–Kier alpha value is -3.36. The number of carbonyl (C=O) groups excluding carboxylic acids is 1. The van der Waals surface area contributed by atoms with Gasteiger partial charge >= 0.3 is 0 Å². The van der Waals surface area contributed by atoms with E-state index in [1.54, 1.807) is 31.2 Å². The van der Waals surface area contributed by atoms with E-state index in [4.69, 9.17) is 16.3 Å². The summed E-state index contributed by atoms with van der Waals surface area (Å²) in [5, 5.41) is 12.4. The Morgan fingerprint density at radius 1 is 1.06 bits per heavy atom. The average molecular weight is 497 g/mol. The van der Waals surface area contributed by atoms with Gasteiger partial charge < -0.3 is 10.1 Å². The average Bonchev–Trinajstić information content (AvgIpc) is 3.23. The van der Waals surface area contributed by atoms with Crippen molar-refractivity contribution in [1.29, 1.82) is 0 Å². The summed E-state index contributed by atoms with van der Waals surface area (Å²) >= 11 is 7.28. The molecular formula is C25H22ClFN4O2S. The fourth-order valence-electron chi connectivity index (χ4n) is 3.12. The number of ether oxygens (including phenoxy) is 1. The second kappa shape index (κ2) is 10.7. The molecular weight excluding hydrogens is 475 g/mol. The quantitative estimate of drug-likeness (QED) is 0.303. The Morgan fingerprint density at radius 2 is 1.79 bits per heavy atom. The Labute approximate surface area is 206 Å². The Morgan fingerprint density at radius 3 is 2.50 bits per heavy atom. The van der Waals surface area contributed by atoms with Gasteiger partial charge in [0, 0.05) is 16.4 Å². The van der Waals surface area contributed by atoms with Crippen LogP contribution in [0.2, 0.25) is 5.02 Å². The molecule has 1 heterocycles. The Kier molecular flexibility index (Phi) is 7.49. The lowest BCUT2D eigenvalue weighted by molar-refractivity contribution is -0.113. The van der Waals surface area contributed by atoms with Crippen molar-refractivity contribution in [1.82, 2.24) is 14.8 Å². The van der Waals surface area contributed by atoms with Gasteiger partial charge in [-0.2, -0.15) is 0 Å².